The molecule has 1 heterocycles. The van der Waals surface area contributed by atoms with E-state index in [1.807, 2.05) is 30.0 Å². The Morgan fingerprint density at radius 2 is 1.77 bits per heavy atom. The maximum atomic E-state index is 12.4. The number of hydrogen-bond donors (Lipinski definition) is 2. The highest BCUT2D eigenvalue weighted by molar-refractivity contribution is 14.0. The lowest BCUT2D eigenvalue weighted by molar-refractivity contribution is -0.129. The fourth-order valence-electron chi connectivity index (χ4n) is 2.74. The van der Waals surface area contributed by atoms with Gasteiger partial charge in [0.25, 0.3) is 0 Å². The van der Waals surface area contributed by atoms with Gasteiger partial charge in [-0.25, -0.2) is 4.99 Å². The molecule has 0 aromatic heterocycles. The number of hydrogen-bond acceptors (Lipinski definition) is 3. The van der Waals surface area contributed by atoms with Crippen molar-refractivity contribution in [3.8, 4) is 0 Å². The molecule has 146 valence electrons. The van der Waals surface area contributed by atoms with Crippen LogP contribution in [0.3, 0.4) is 0 Å². The Labute approximate surface area is 174 Å². The fourth-order valence-corrected chi connectivity index (χ4v) is 2.74. The van der Waals surface area contributed by atoms with Crippen molar-refractivity contribution in [2.75, 3.05) is 50.7 Å². The first kappa shape index (κ1) is 22.5. The summed E-state index contributed by atoms with van der Waals surface area (Å²) in [5.41, 5.74) is 1.22. The Hall–Kier alpha value is -1.51. The summed E-state index contributed by atoms with van der Waals surface area (Å²) >= 11 is 0. The molecule has 0 spiro atoms. The van der Waals surface area contributed by atoms with E-state index < -0.39 is 0 Å². The molecule has 26 heavy (non-hydrogen) atoms. The first-order valence-corrected chi connectivity index (χ1v) is 9.20. The van der Waals surface area contributed by atoms with Crippen LogP contribution in [0.25, 0.3) is 0 Å². The quantitative estimate of drug-likeness (QED) is 0.378. The van der Waals surface area contributed by atoms with Gasteiger partial charge in [-0.15, -0.1) is 24.0 Å². The number of rotatable bonds is 6. The number of aliphatic imine (C=N–C) groups is 1. The van der Waals surface area contributed by atoms with E-state index in [-0.39, 0.29) is 36.4 Å². The summed E-state index contributed by atoms with van der Waals surface area (Å²) < 4.78 is 0. The molecule has 1 fully saturated rings. The molecular weight excluding hydrogens is 441 g/mol. The zero-order valence-electron chi connectivity index (χ0n) is 16.1. The van der Waals surface area contributed by atoms with E-state index >= 15 is 0 Å². The molecule has 0 saturated carbocycles. The molecule has 2 rings (SSSR count). The van der Waals surface area contributed by atoms with E-state index in [1.54, 1.807) is 0 Å². The van der Waals surface area contributed by atoms with Crippen LogP contribution in [0.2, 0.25) is 0 Å². The minimum absolute atomic E-state index is 0. The second-order valence-electron chi connectivity index (χ2n) is 6.67. The maximum absolute atomic E-state index is 12.4. The van der Waals surface area contributed by atoms with Crippen molar-refractivity contribution in [2.45, 2.75) is 20.8 Å². The number of guanidine groups is 1. The van der Waals surface area contributed by atoms with Gasteiger partial charge in [0, 0.05) is 45.0 Å². The molecule has 1 aliphatic heterocycles. The average molecular weight is 473 g/mol. The van der Waals surface area contributed by atoms with Gasteiger partial charge in [0.1, 0.15) is 6.54 Å². The lowest BCUT2D eigenvalue weighted by atomic mass is 10.2. The lowest BCUT2D eigenvalue weighted by Gasteiger charge is -2.36. The molecule has 0 unspecified atom stereocenters. The molecule has 7 heteroatoms. The third-order valence-electron chi connectivity index (χ3n) is 4.15. The van der Waals surface area contributed by atoms with Crippen LogP contribution >= 0.6 is 24.0 Å². The van der Waals surface area contributed by atoms with Crippen molar-refractivity contribution < 1.29 is 4.79 Å². The van der Waals surface area contributed by atoms with Crippen molar-refractivity contribution in [3.63, 3.8) is 0 Å². The van der Waals surface area contributed by atoms with E-state index in [9.17, 15) is 4.79 Å². The van der Waals surface area contributed by atoms with Crippen LogP contribution in [-0.4, -0.2) is 62.6 Å². The summed E-state index contributed by atoms with van der Waals surface area (Å²) in [5, 5.41) is 6.45. The maximum Gasteiger partial charge on any atom is 0.244 e. The Kier molecular flexibility index (Phi) is 10.4. The number of nitrogens with one attached hydrogen (secondary N) is 2. The second-order valence-corrected chi connectivity index (χ2v) is 6.67. The SMILES string of the molecule is CCNC(=NCC(=O)N1CCN(c2ccccc2)CC1)NCC(C)C.I. The van der Waals surface area contributed by atoms with Crippen LogP contribution < -0.4 is 15.5 Å². The molecule has 2 N–H and O–H groups in total. The number of halogens is 1. The largest absolute Gasteiger partial charge is 0.368 e. The van der Waals surface area contributed by atoms with Crippen LogP contribution in [0.1, 0.15) is 20.8 Å². The van der Waals surface area contributed by atoms with E-state index in [0.717, 1.165) is 39.3 Å². The van der Waals surface area contributed by atoms with Crippen LogP contribution in [0.15, 0.2) is 35.3 Å². The second kappa shape index (κ2) is 12.0. The molecule has 1 saturated heterocycles. The van der Waals surface area contributed by atoms with Gasteiger partial charge in [-0.3, -0.25) is 4.79 Å². The van der Waals surface area contributed by atoms with Gasteiger partial charge in [-0.1, -0.05) is 32.0 Å². The number of anilines is 1. The molecule has 0 bridgehead atoms. The number of piperazine rings is 1. The number of carbonyl (C=O) groups is 1. The van der Waals surface area contributed by atoms with Crippen LogP contribution in [0, 0.1) is 5.92 Å². The monoisotopic (exact) mass is 473 g/mol. The molecule has 1 aliphatic rings. The van der Waals surface area contributed by atoms with E-state index in [4.69, 9.17) is 0 Å². The van der Waals surface area contributed by atoms with Crippen molar-refractivity contribution in [3.05, 3.63) is 30.3 Å². The van der Waals surface area contributed by atoms with Crippen LogP contribution in [-0.2, 0) is 4.79 Å². The van der Waals surface area contributed by atoms with Crippen molar-refractivity contribution >= 4 is 41.5 Å². The van der Waals surface area contributed by atoms with Gasteiger partial charge in [0.05, 0.1) is 0 Å². The number of benzene rings is 1. The van der Waals surface area contributed by atoms with Crippen molar-refractivity contribution in [2.24, 2.45) is 10.9 Å². The van der Waals surface area contributed by atoms with Gasteiger partial charge in [0.15, 0.2) is 5.96 Å². The topological polar surface area (TPSA) is 60.0 Å². The van der Waals surface area contributed by atoms with Crippen LogP contribution in [0.5, 0.6) is 0 Å². The van der Waals surface area contributed by atoms with E-state index in [1.165, 1.54) is 5.69 Å². The highest BCUT2D eigenvalue weighted by Crippen LogP contribution is 2.15. The van der Waals surface area contributed by atoms with Gasteiger partial charge in [-0.05, 0) is 25.0 Å². The third-order valence-corrected chi connectivity index (χ3v) is 4.15. The summed E-state index contributed by atoms with van der Waals surface area (Å²) in [6, 6.07) is 10.4. The predicted octanol–water partition coefficient (Wildman–Crippen LogP) is 2.16. The summed E-state index contributed by atoms with van der Waals surface area (Å²) in [4.78, 5) is 21.1. The zero-order valence-corrected chi connectivity index (χ0v) is 18.4. The number of carbonyl (C=O) groups excluding carboxylic acids is 1. The van der Waals surface area contributed by atoms with Gasteiger partial charge < -0.3 is 20.4 Å². The minimum atomic E-state index is 0. The van der Waals surface area contributed by atoms with E-state index in [2.05, 4.69) is 46.5 Å². The molecule has 1 aromatic rings. The summed E-state index contributed by atoms with van der Waals surface area (Å²) in [5.74, 6) is 1.34. The summed E-state index contributed by atoms with van der Waals surface area (Å²) in [7, 11) is 0. The normalized spacial score (nSPS) is 14.8. The highest BCUT2D eigenvalue weighted by atomic mass is 127. The summed E-state index contributed by atoms with van der Waals surface area (Å²) in [6.45, 7) is 11.4. The summed E-state index contributed by atoms with van der Waals surface area (Å²) in [6.07, 6.45) is 0. The Bertz CT molecular complexity index is 556. The zero-order chi connectivity index (χ0) is 18.1. The molecule has 0 radical (unpaired) electrons. The Morgan fingerprint density at radius 1 is 1.12 bits per heavy atom. The molecule has 0 atom stereocenters. The predicted molar refractivity (Wildman–Crippen MR) is 119 cm³/mol. The highest BCUT2D eigenvalue weighted by Gasteiger charge is 2.20. The Balaban J connectivity index is 0.00000338. The fraction of sp³-hybridized carbons (Fsp3) is 0.579. The third kappa shape index (κ3) is 7.39. The molecular formula is C19H32IN5O. The van der Waals surface area contributed by atoms with Crippen molar-refractivity contribution in [1.82, 2.24) is 15.5 Å². The Morgan fingerprint density at radius 3 is 2.35 bits per heavy atom. The minimum Gasteiger partial charge on any atom is -0.368 e. The first-order chi connectivity index (χ1) is 12.1. The molecule has 1 aromatic carbocycles. The van der Waals surface area contributed by atoms with Crippen molar-refractivity contribution in [1.29, 1.82) is 0 Å². The van der Waals surface area contributed by atoms with Gasteiger partial charge in [0.2, 0.25) is 5.91 Å². The smallest absolute Gasteiger partial charge is 0.244 e. The number of amides is 1. The van der Waals surface area contributed by atoms with Gasteiger partial charge >= 0.3 is 0 Å². The number of nitrogens with zero attached hydrogens (tertiary/aromatic N) is 3. The standard InChI is InChI=1S/C19H31N5O.HI/c1-4-20-19(21-14-16(2)3)22-15-18(25)24-12-10-23(11-13-24)17-8-6-5-7-9-17;/h5-9,16H,4,10-15H2,1-3H3,(H2,20,21,22);1H. The number of para-hydroxylation sites is 1. The lowest BCUT2D eigenvalue weighted by Crippen LogP contribution is -2.49. The van der Waals surface area contributed by atoms with Gasteiger partial charge in [-0.2, -0.15) is 0 Å². The molecule has 6 nitrogen and oxygen atoms in total. The van der Waals surface area contributed by atoms with Crippen LogP contribution in [0.4, 0.5) is 5.69 Å². The average Bonchev–Trinajstić information content (AvgIpc) is 2.64. The first-order valence-electron chi connectivity index (χ1n) is 9.20. The van der Waals surface area contributed by atoms with E-state index in [0.29, 0.717) is 11.9 Å². The molecule has 0 aliphatic carbocycles. The molecule has 1 amide bonds.